The molecule has 0 bridgehead atoms. The maximum absolute atomic E-state index is 11.1. The van der Waals surface area contributed by atoms with Crippen LogP contribution in [-0.4, -0.2) is 34.6 Å². The maximum atomic E-state index is 11.1. The Morgan fingerprint density at radius 3 is 2.09 bits per heavy atom. The van der Waals surface area contributed by atoms with Crippen LogP contribution in [0.4, 0.5) is 0 Å². The summed E-state index contributed by atoms with van der Waals surface area (Å²) in [6.07, 6.45) is 14.7. The monoisotopic (exact) mass is 454 g/mol. The van der Waals surface area contributed by atoms with Gasteiger partial charge >= 0.3 is 0 Å². The van der Waals surface area contributed by atoms with Gasteiger partial charge in [-0.15, -0.1) is 0 Å². The lowest BCUT2D eigenvalue weighted by atomic mass is 9.44. The molecular weight excluding hydrogens is 396 g/mol. The van der Waals surface area contributed by atoms with Crippen LogP contribution in [0.25, 0.3) is 0 Å². The van der Waals surface area contributed by atoms with E-state index in [2.05, 4.69) is 27.7 Å². The maximum Gasteiger partial charge on any atom is 0.0573 e. The molecular formula is C29H58O3. The molecule has 3 nitrogen and oxygen atoms in total. The highest BCUT2D eigenvalue weighted by Crippen LogP contribution is 2.67. The third-order valence-electron chi connectivity index (χ3n) is 10.5. The average Bonchev–Trinajstić information content (AvgIpc) is 3.07. The molecule has 3 heteroatoms. The van der Waals surface area contributed by atoms with Gasteiger partial charge in [-0.05, 0) is 111 Å². The van der Waals surface area contributed by atoms with Crippen LogP contribution < -0.4 is 0 Å². The van der Waals surface area contributed by atoms with Crippen LogP contribution in [0.15, 0.2) is 0 Å². The Kier molecular flexibility index (Phi) is 11.2. The van der Waals surface area contributed by atoms with E-state index in [4.69, 9.17) is 5.11 Å². The third kappa shape index (κ3) is 5.41. The smallest absolute Gasteiger partial charge is 0.0573 e. The normalized spacial score (nSPS) is 43.4. The number of fused-ring (bicyclic) bond motifs is 5. The van der Waals surface area contributed by atoms with Crippen molar-refractivity contribution in [1.82, 2.24) is 0 Å². The summed E-state index contributed by atoms with van der Waals surface area (Å²) in [6, 6.07) is 0. The molecule has 192 valence electrons. The zero-order valence-electron chi connectivity index (χ0n) is 20.4. The quantitative estimate of drug-likeness (QED) is 0.416. The molecule has 4 aliphatic carbocycles. The first-order valence-corrected chi connectivity index (χ1v) is 13.1. The van der Waals surface area contributed by atoms with E-state index < -0.39 is 0 Å². The van der Waals surface area contributed by atoms with Gasteiger partial charge in [0.05, 0.1) is 12.2 Å². The first kappa shape index (κ1) is 29.9. The van der Waals surface area contributed by atoms with Gasteiger partial charge in [0.15, 0.2) is 0 Å². The fourth-order valence-corrected chi connectivity index (χ4v) is 8.84. The highest BCUT2D eigenvalue weighted by atomic mass is 16.3. The minimum atomic E-state index is -0.0814. The lowest BCUT2D eigenvalue weighted by molar-refractivity contribution is -0.133. The van der Waals surface area contributed by atoms with Gasteiger partial charge in [-0.1, -0.05) is 55.4 Å². The molecule has 0 aromatic carbocycles. The topological polar surface area (TPSA) is 60.7 Å². The van der Waals surface area contributed by atoms with Gasteiger partial charge in [0, 0.05) is 7.11 Å². The molecule has 0 aromatic heterocycles. The largest absolute Gasteiger partial charge is 0.400 e. The SMILES string of the molecule is C.C.CC(C)CCCC(O)C1CCC2C3CCC4CC(O)CCC4(C)C3CCC12C.CO. The number of aliphatic hydroxyl groups excluding tert-OH is 3. The van der Waals surface area contributed by atoms with Crippen molar-refractivity contribution < 1.29 is 15.3 Å². The summed E-state index contributed by atoms with van der Waals surface area (Å²) in [4.78, 5) is 0. The van der Waals surface area contributed by atoms with Gasteiger partial charge in [-0.3, -0.25) is 0 Å². The summed E-state index contributed by atoms with van der Waals surface area (Å²) >= 11 is 0. The first-order chi connectivity index (χ1) is 14.3. The van der Waals surface area contributed by atoms with E-state index in [1.807, 2.05) is 0 Å². The number of hydrogen-bond acceptors (Lipinski definition) is 3. The molecule has 0 radical (unpaired) electrons. The van der Waals surface area contributed by atoms with E-state index in [0.717, 1.165) is 56.0 Å². The van der Waals surface area contributed by atoms with Crippen molar-refractivity contribution >= 4 is 0 Å². The molecule has 4 aliphatic rings. The lowest BCUT2D eigenvalue weighted by Crippen LogP contribution is -2.54. The Morgan fingerprint density at radius 1 is 0.812 bits per heavy atom. The molecule has 0 amide bonds. The standard InChI is InChI=1S/C26H46O2.CH4O.2CH4/c1-17(2)6-5-7-24(28)23-11-10-21-20-9-8-18-16-19(27)12-14-25(18,3)22(20)13-15-26(21,23)4;1-2;;/h17-24,27-28H,5-16H2,1-4H3;2H,1H3;2*1H4. The molecule has 9 atom stereocenters. The van der Waals surface area contributed by atoms with Crippen molar-refractivity contribution in [1.29, 1.82) is 0 Å². The van der Waals surface area contributed by atoms with E-state index in [0.29, 0.717) is 16.7 Å². The van der Waals surface area contributed by atoms with E-state index in [1.54, 1.807) is 0 Å². The van der Waals surface area contributed by atoms with Crippen molar-refractivity contribution in [3.63, 3.8) is 0 Å². The van der Waals surface area contributed by atoms with Gasteiger partial charge in [0.1, 0.15) is 0 Å². The number of aliphatic hydroxyl groups is 3. The molecule has 4 rings (SSSR count). The molecule has 0 aromatic rings. The molecule has 0 saturated heterocycles. The minimum Gasteiger partial charge on any atom is -0.400 e. The summed E-state index contributed by atoms with van der Waals surface area (Å²) in [5.41, 5.74) is 0.841. The van der Waals surface area contributed by atoms with Crippen LogP contribution >= 0.6 is 0 Å². The summed E-state index contributed by atoms with van der Waals surface area (Å²) in [7, 11) is 1.00. The Bertz CT molecular complexity index is 549. The Hall–Kier alpha value is -0.120. The van der Waals surface area contributed by atoms with Crippen LogP contribution in [0.3, 0.4) is 0 Å². The molecule has 4 saturated carbocycles. The second kappa shape index (κ2) is 12.0. The minimum absolute atomic E-state index is 0. The highest BCUT2D eigenvalue weighted by Gasteiger charge is 2.60. The van der Waals surface area contributed by atoms with Gasteiger partial charge < -0.3 is 15.3 Å². The zero-order valence-corrected chi connectivity index (χ0v) is 20.4. The van der Waals surface area contributed by atoms with Gasteiger partial charge in [0.2, 0.25) is 0 Å². The molecule has 4 fully saturated rings. The summed E-state index contributed by atoms with van der Waals surface area (Å²) in [5.74, 6) is 4.61. The van der Waals surface area contributed by atoms with Gasteiger partial charge in [-0.25, -0.2) is 0 Å². The Morgan fingerprint density at radius 2 is 1.44 bits per heavy atom. The molecule has 0 spiro atoms. The average molecular weight is 455 g/mol. The zero-order chi connectivity index (χ0) is 22.1. The number of rotatable bonds is 5. The van der Waals surface area contributed by atoms with E-state index in [-0.39, 0.29) is 27.1 Å². The van der Waals surface area contributed by atoms with E-state index in [9.17, 15) is 10.2 Å². The van der Waals surface area contributed by atoms with E-state index >= 15 is 0 Å². The summed E-state index contributed by atoms with van der Waals surface area (Å²) in [5, 5.41) is 28.3. The van der Waals surface area contributed by atoms with Crippen LogP contribution in [0.1, 0.15) is 120 Å². The molecule has 0 heterocycles. The predicted octanol–water partition coefficient (Wildman–Crippen LogP) is 7.07. The van der Waals surface area contributed by atoms with Crippen molar-refractivity contribution in [3.8, 4) is 0 Å². The van der Waals surface area contributed by atoms with Crippen molar-refractivity contribution in [2.45, 2.75) is 132 Å². The second-order valence-electron chi connectivity index (χ2n) is 12.2. The predicted molar refractivity (Wildman–Crippen MR) is 138 cm³/mol. The van der Waals surface area contributed by atoms with Crippen LogP contribution in [-0.2, 0) is 0 Å². The summed E-state index contributed by atoms with van der Waals surface area (Å²) in [6.45, 7) is 9.72. The molecule has 32 heavy (non-hydrogen) atoms. The third-order valence-corrected chi connectivity index (χ3v) is 10.5. The van der Waals surface area contributed by atoms with Crippen LogP contribution in [0.2, 0.25) is 0 Å². The van der Waals surface area contributed by atoms with Crippen LogP contribution in [0.5, 0.6) is 0 Å². The van der Waals surface area contributed by atoms with Gasteiger partial charge in [-0.2, -0.15) is 0 Å². The second-order valence-corrected chi connectivity index (χ2v) is 12.2. The first-order valence-electron chi connectivity index (χ1n) is 13.1. The van der Waals surface area contributed by atoms with E-state index in [1.165, 1.54) is 57.8 Å². The fraction of sp³-hybridized carbons (Fsp3) is 1.00. The van der Waals surface area contributed by atoms with Crippen LogP contribution in [0, 0.1) is 46.3 Å². The van der Waals surface area contributed by atoms with Crippen molar-refractivity contribution in [2.24, 2.45) is 46.3 Å². The Labute approximate surface area is 200 Å². The molecule has 0 aliphatic heterocycles. The lowest BCUT2D eigenvalue weighted by Gasteiger charge is -2.61. The van der Waals surface area contributed by atoms with Crippen molar-refractivity contribution in [2.75, 3.05) is 7.11 Å². The van der Waals surface area contributed by atoms with Gasteiger partial charge in [0.25, 0.3) is 0 Å². The molecule has 9 unspecified atom stereocenters. The molecule has 3 N–H and O–H groups in total. The van der Waals surface area contributed by atoms with Crippen molar-refractivity contribution in [3.05, 3.63) is 0 Å². The summed E-state index contributed by atoms with van der Waals surface area (Å²) < 4.78 is 0. The number of hydrogen-bond donors (Lipinski definition) is 3. The Balaban J connectivity index is 0.00000125. The fourth-order valence-electron chi connectivity index (χ4n) is 8.84. The highest BCUT2D eigenvalue weighted by molar-refractivity contribution is 5.10.